The highest BCUT2D eigenvalue weighted by atomic mass is 19.4. The summed E-state index contributed by atoms with van der Waals surface area (Å²) in [5.41, 5.74) is -0.771. The Hall–Kier alpha value is -1.89. The van der Waals surface area contributed by atoms with E-state index in [1.807, 2.05) is 4.90 Å². The molecule has 1 fully saturated rings. The van der Waals surface area contributed by atoms with E-state index < -0.39 is 17.7 Å². The molecule has 7 heteroatoms. The van der Waals surface area contributed by atoms with Crippen LogP contribution in [-0.4, -0.2) is 41.4 Å². The van der Waals surface area contributed by atoms with Gasteiger partial charge >= 0.3 is 12.1 Å². The Morgan fingerprint density at radius 2 is 2.04 bits per heavy atom. The number of ketones is 1. The van der Waals surface area contributed by atoms with Crippen molar-refractivity contribution in [2.24, 2.45) is 5.92 Å². The van der Waals surface area contributed by atoms with Crippen LogP contribution in [0, 0.1) is 5.92 Å². The predicted octanol–water partition coefficient (Wildman–Crippen LogP) is 3.07. The average Bonchev–Trinajstić information content (AvgIpc) is 2.52. The minimum atomic E-state index is -4.48. The lowest BCUT2D eigenvalue weighted by Crippen LogP contribution is -2.39. The van der Waals surface area contributed by atoms with E-state index >= 15 is 0 Å². The summed E-state index contributed by atoms with van der Waals surface area (Å²) in [6.07, 6.45) is -3.14. The quantitative estimate of drug-likeness (QED) is 0.844. The molecule has 1 aliphatic heterocycles. The molecule has 0 radical (unpaired) electrons. The molecule has 2 rings (SSSR count). The van der Waals surface area contributed by atoms with Gasteiger partial charge in [0.2, 0.25) is 0 Å². The van der Waals surface area contributed by atoms with Gasteiger partial charge in [-0.05, 0) is 31.5 Å². The summed E-state index contributed by atoms with van der Waals surface area (Å²) in [5.74, 6) is -1.60. The van der Waals surface area contributed by atoms with Crippen molar-refractivity contribution in [2.45, 2.75) is 25.4 Å². The fourth-order valence-electron chi connectivity index (χ4n) is 2.81. The van der Waals surface area contributed by atoms with E-state index in [0.717, 1.165) is 18.6 Å². The molecule has 1 atom stereocenters. The molecule has 0 spiro atoms. The Labute approximate surface area is 131 Å². The third-order valence-electron chi connectivity index (χ3n) is 3.99. The summed E-state index contributed by atoms with van der Waals surface area (Å²) >= 11 is 0. The summed E-state index contributed by atoms with van der Waals surface area (Å²) in [7, 11) is 0. The summed E-state index contributed by atoms with van der Waals surface area (Å²) in [5, 5.41) is 8.70. The molecule has 0 aliphatic carbocycles. The molecular formula is C16H18F3NO3. The molecule has 4 nitrogen and oxygen atoms in total. The monoisotopic (exact) mass is 329 g/mol. The van der Waals surface area contributed by atoms with Crippen molar-refractivity contribution >= 4 is 11.8 Å². The molecule has 23 heavy (non-hydrogen) atoms. The summed E-state index contributed by atoms with van der Waals surface area (Å²) < 4.78 is 38.2. The van der Waals surface area contributed by atoms with E-state index in [1.165, 1.54) is 12.1 Å². The number of aliphatic carboxylic acids is 1. The maximum absolute atomic E-state index is 12.7. The number of halogens is 3. The lowest BCUT2D eigenvalue weighted by molar-refractivity contribution is -0.138. The number of rotatable bonds is 5. The first-order valence-electron chi connectivity index (χ1n) is 7.43. The summed E-state index contributed by atoms with van der Waals surface area (Å²) in [4.78, 5) is 24.9. The largest absolute Gasteiger partial charge is 0.481 e. The van der Waals surface area contributed by atoms with Crippen molar-refractivity contribution in [2.75, 3.05) is 19.6 Å². The normalized spacial score (nSPS) is 19.5. The zero-order valence-corrected chi connectivity index (χ0v) is 12.5. The Bertz CT molecular complexity index is 586. The van der Waals surface area contributed by atoms with Crippen LogP contribution in [-0.2, 0) is 11.0 Å². The number of hydrogen-bond acceptors (Lipinski definition) is 3. The molecule has 1 aromatic rings. The molecule has 0 aromatic heterocycles. The number of carbonyl (C=O) groups is 2. The van der Waals surface area contributed by atoms with Crippen molar-refractivity contribution < 1.29 is 27.9 Å². The predicted molar refractivity (Wildman–Crippen MR) is 77.2 cm³/mol. The average molecular weight is 329 g/mol. The molecule has 1 saturated heterocycles. The van der Waals surface area contributed by atoms with Gasteiger partial charge in [-0.3, -0.25) is 9.59 Å². The van der Waals surface area contributed by atoms with Crippen LogP contribution < -0.4 is 0 Å². The molecule has 0 bridgehead atoms. The number of alkyl halides is 3. The second-order valence-corrected chi connectivity index (χ2v) is 5.73. The third kappa shape index (κ3) is 4.79. The maximum atomic E-state index is 12.7. The third-order valence-corrected chi connectivity index (χ3v) is 3.99. The minimum absolute atomic E-state index is 0.00946. The molecular weight excluding hydrogens is 311 g/mol. The molecule has 1 aliphatic rings. The van der Waals surface area contributed by atoms with Crippen molar-refractivity contribution in [3.8, 4) is 0 Å². The van der Waals surface area contributed by atoms with Crippen LogP contribution >= 0.6 is 0 Å². The Kier molecular flexibility index (Phi) is 5.41. The molecule has 0 saturated carbocycles. The van der Waals surface area contributed by atoms with E-state index in [2.05, 4.69) is 0 Å². The van der Waals surface area contributed by atoms with Crippen LogP contribution in [0.4, 0.5) is 13.2 Å². The highest BCUT2D eigenvalue weighted by Gasteiger charge is 2.32. The number of hydrogen-bond donors (Lipinski definition) is 1. The molecule has 1 N–H and O–H groups in total. The molecule has 0 unspecified atom stereocenters. The Morgan fingerprint density at radius 3 is 2.70 bits per heavy atom. The number of carboxylic acid groups (broad SMARTS) is 1. The van der Waals surface area contributed by atoms with Crippen LogP contribution in [0.1, 0.15) is 35.2 Å². The van der Waals surface area contributed by atoms with Gasteiger partial charge in [-0.25, -0.2) is 0 Å². The molecule has 1 heterocycles. The summed E-state index contributed by atoms with van der Waals surface area (Å²) in [6, 6.07) is 4.46. The van der Waals surface area contributed by atoms with E-state index in [4.69, 9.17) is 5.11 Å². The first-order chi connectivity index (χ1) is 10.8. The Balaban J connectivity index is 2.06. The Morgan fingerprint density at radius 1 is 1.30 bits per heavy atom. The number of Topliss-reactive ketones (excluding diaryl/α,β-unsaturated/α-hetero) is 1. The van der Waals surface area contributed by atoms with Gasteiger partial charge in [-0.1, -0.05) is 12.1 Å². The first kappa shape index (κ1) is 17.5. The van der Waals surface area contributed by atoms with Crippen LogP contribution in [0.25, 0.3) is 0 Å². The molecule has 1 aromatic carbocycles. The van der Waals surface area contributed by atoms with Crippen LogP contribution in [0.3, 0.4) is 0 Å². The second kappa shape index (κ2) is 7.12. The van der Waals surface area contributed by atoms with Gasteiger partial charge in [-0.2, -0.15) is 13.2 Å². The van der Waals surface area contributed by atoms with E-state index in [0.29, 0.717) is 26.1 Å². The number of carbonyl (C=O) groups excluding carboxylic acids is 1. The van der Waals surface area contributed by atoms with Crippen LogP contribution in [0.15, 0.2) is 24.3 Å². The van der Waals surface area contributed by atoms with Gasteiger partial charge < -0.3 is 10.0 Å². The fraction of sp³-hybridized carbons (Fsp3) is 0.500. The maximum Gasteiger partial charge on any atom is 0.416 e. The zero-order chi connectivity index (χ0) is 17.0. The number of benzene rings is 1. The zero-order valence-electron chi connectivity index (χ0n) is 12.5. The number of nitrogens with zero attached hydrogens (tertiary/aromatic N) is 1. The highest BCUT2D eigenvalue weighted by Crippen LogP contribution is 2.30. The van der Waals surface area contributed by atoms with Crippen LogP contribution in [0.5, 0.6) is 0 Å². The fourth-order valence-corrected chi connectivity index (χ4v) is 2.81. The van der Waals surface area contributed by atoms with Gasteiger partial charge in [0.15, 0.2) is 5.78 Å². The van der Waals surface area contributed by atoms with Crippen molar-refractivity contribution in [1.29, 1.82) is 0 Å². The van der Waals surface area contributed by atoms with E-state index in [1.54, 1.807) is 0 Å². The van der Waals surface area contributed by atoms with Gasteiger partial charge in [0.1, 0.15) is 0 Å². The number of likely N-dealkylation sites (tertiary alicyclic amines) is 1. The van der Waals surface area contributed by atoms with Crippen LogP contribution in [0.2, 0.25) is 0 Å². The van der Waals surface area contributed by atoms with E-state index in [9.17, 15) is 22.8 Å². The smallest absolute Gasteiger partial charge is 0.416 e. The van der Waals surface area contributed by atoms with Gasteiger partial charge in [0.05, 0.1) is 12.0 Å². The SMILES string of the molecule is O=C(O)CCN1CCC[C@H](C(=O)c2cccc(C(F)(F)F)c2)C1. The topological polar surface area (TPSA) is 57.6 Å². The van der Waals surface area contributed by atoms with Gasteiger partial charge in [-0.15, -0.1) is 0 Å². The van der Waals surface area contributed by atoms with Gasteiger partial charge in [0.25, 0.3) is 0 Å². The molecule has 126 valence electrons. The standard InChI is InChI=1S/C16H18F3NO3/c17-16(18,19)13-5-1-3-11(9-13)15(23)12-4-2-7-20(10-12)8-6-14(21)22/h1,3,5,9,12H,2,4,6-8,10H2,(H,21,22)/t12-/m0/s1. The van der Waals surface area contributed by atoms with Crippen molar-refractivity contribution in [3.05, 3.63) is 35.4 Å². The number of piperidine rings is 1. The first-order valence-corrected chi connectivity index (χ1v) is 7.43. The van der Waals surface area contributed by atoms with Crippen molar-refractivity contribution in [1.82, 2.24) is 4.90 Å². The van der Waals surface area contributed by atoms with E-state index in [-0.39, 0.29) is 23.7 Å². The lowest BCUT2D eigenvalue weighted by atomic mass is 9.89. The summed E-state index contributed by atoms with van der Waals surface area (Å²) in [6.45, 7) is 1.45. The van der Waals surface area contributed by atoms with Gasteiger partial charge in [0, 0.05) is 24.6 Å². The minimum Gasteiger partial charge on any atom is -0.481 e. The molecule has 0 amide bonds. The van der Waals surface area contributed by atoms with Crippen molar-refractivity contribution in [3.63, 3.8) is 0 Å². The lowest BCUT2D eigenvalue weighted by Gasteiger charge is -2.31. The second-order valence-electron chi connectivity index (χ2n) is 5.73. The number of carboxylic acids is 1. The highest BCUT2D eigenvalue weighted by molar-refractivity contribution is 5.98.